The van der Waals surface area contributed by atoms with E-state index in [2.05, 4.69) is 11.1 Å². The molecule has 1 unspecified atom stereocenters. The summed E-state index contributed by atoms with van der Waals surface area (Å²) in [6, 6.07) is -1.67. The molecule has 124 valence electrons. The minimum atomic E-state index is -1.18. The molecule has 1 saturated heterocycles. The molecule has 0 amide bonds. The van der Waals surface area contributed by atoms with Gasteiger partial charge in [0.05, 0.1) is 19.3 Å². The summed E-state index contributed by atoms with van der Waals surface area (Å²) in [5, 5.41) is 43.3. The summed E-state index contributed by atoms with van der Waals surface area (Å²) in [7, 11) is 0. The lowest BCUT2D eigenvalue weighted by atomic mass is 10.2. The fourth-order valence-electron chi connectivity index (χ4n) is 0.983. The van der Waals surface area contributed by atoms with Gasteiger partial charge in [0.15, 0.2) is 0 Å². The van der Waals surface area contributed by atoms with E-state index in [0.717, 1.165) is 0 Å². The highest BCUT2D eigenvalue weighted by atomic mass is 16.4. The smallest absolute Gasteiger partial charge is 0.322 e. The van der Waals surface area contributed by atoms with Crippen molar-refractivity contribution < 1.29 is 39.9 Å². The van der Waals surface area contributed by atoms with Crippen LogP contribution in [0.4, 0.5) is 0 Å². The number of carboxylic acids is 3. The fraction of sp³-hybridized carbons (Fsp3) is 0.700. The van der Waals surface area contributed by atoms with Crippen molar-refractivity contribution in [2.24, 2.45) is 11.5 Å². The van der Waals surface area contributed by atoms with Crippen LogP contribution in [0.3, 0.4) is 0 Å². The van der Waals surface area contributed by atoms with Crippen LogP contribution in [0.1, 0.15) is 6.42 Å². The minimum Gasteiger partial charge on any atom is -0.480 e. The molecule has 0 radical (unpaired) electrons. The SMILES string of the molecule is NC(CO)C(=O)O.NCC(=O)O.O=C(O)[C@@H]1C[C@@H](O)CN1. The Morgan fingerprint density at radius 1 is 1.24 bits per heavy atom. The quantitative estimate of drug-likeness (QED) is 0.252. The van der Waals surface area contributed by atoms with Gasteiger partial charge in [0.1, 0.15) is 12.1 Å². The minimum absolute atomic E-state index is 0.278. The van der Waals surface area contributed by atoms with E-state index in [9.17, 15) is 14.4 Å². The Labute approximate surface area is 120 Å². The number of carbonyl (C=O) groups is 3. The Balaban J connectivity index is 0. The molecular formula is C10H21N3O8. The summed E-state index contributed by atoms with van der Waals surface area (Å²) in [4.78, 5) is 29.1. The van der Waals surface area contributed by atoms with Gasteiger partial charge in [-0.1, -0.05) is 0 Å². The van der Waals surface area contributed by atoms with E-state index < -0.39 is 42.7 Å². The molecule has 1 aliphatic heterocycles. The van der Waals surface area contributed by atoms with Crippen molar-refractivity contribution in [3.8, 4) is 0 Å². The van der Waals surface area contributed by atoms with E-state index in [1.807, 2.05) is 0 Å². The fourth-order valence-corrected chi connectivity index (χ4v) is 0.983. The van der Waals surface area contributed by atoms with Crippen molar-refractivity contribution in [2.45, 2.75) is 24.6 Å². The molecule has 1 rings (SSSR count). The van der Waals surface area contributed by atoms with E-state index in [-0.39, 0.29) is 6.54 Å². The molecule has 0 aromatic heterocycles. The van der Waals surface area contributed by atoms with Gasteiger partial charge in [-0.15, -0.1) is 0 Å². The molecule has 1 fully saturated rings. The first-order valence-corrected chi connectivity index (χ1v) is 5.81. The monoisotopic (exact) mass is 311 g/mol. The third kappa shape index (κ3) is 13.0. The summed E-state index contributed by atoms with van der Waals surface area (Å²) in [6.45, 7) is -0.383. The summed E-state index contributed by atoms with van der Waals surface area (Å²) in [6.07, 6.45) is -0.152. The molecule has 21 heavy (non-hydrogen) atoms. The van der Waals surface area contributed by atoms with Gasteiger partial charge in [0.2, 0.25) is 0 Å². The van der Waals surface area contributed by atoms with Crippen molar-refractivity contribution >= 4 is 17.9 Å². The van der Waals surface area contributed by atoms with Crippen LogP contribution in [-0.4, -0.2) is 81.3 Å². The molecule has 1 heterocycles. The van der Waals surface area contributed by atoms with Crippen molar-refractivity contribution in [1.82, 2.24) is 5.32 Å². The molecule has 0 saturated carbocycles. The Morgan fingerprint density at radius 3 is 1.81 bits per heavy atom. The molecule has 11 nitrogen and oxygen atoms in total. The predicted octanol–water partition coefficient (Wildman–Crippen LogP) is -3.79. The second-order valence-electron chi connectivity index (χ2n) is 3.91. The van der Waals surface area contributed by atoms with Crippen molar-refractivity contribution in [2.75, 3.05) is 19.7 Å². The van der Waals surface area contributed by atoms with E-state index >= 15 is 0 Å². The van der Waals surface area contributed by atoms with E-state index in [1.165, 1.54) is 0 Å². The number of hydrogen-bond donors (Lipinski definition) is 8. The summed E-state index contributed by atoms with van der Waals surface area (Å²) < 4.78 is 0. The van der Waals surface area contributed by atoms with Gasteiger partial charge >= 0.3 is 17.9 Å². The van der Waals surface area contributed by atoms with Gasteiger partial charge in [-0.05, 0) is 0 Å². The number of aliphatic hydroxyl groups is 2. The maximum Gasteiger partial charge on any atom is 0.322 e. The van der Waals surface area contributed by atoms with Gasteiger partial charge in [0.25, 0.3) is 0 Å². The standard InChI is InChI=1S/C5H9NO3.C3H7NO3.C2H5NO2/c7-3-1-4(5(8)9)6-2-3;4-2(1-5)3(6)7;3-1-2(4)5/h3-4,6-7H,1-2H2,(H,8,9);2,5H,1,4H2,(H,6,7);1,3H2,(H,4,5)/t3-,4+;;/m1../s1. The van der Waals surface area contributed by atoms with Crippen LogP contribution in [0.2, 0.25) is 0 Å². The molecule has 10 N–H and O–H groups in total. The molecule has 0 aromatic rings. The van der Waals surface area contributed by atoms with E-state index in [1.54, 1.807) is 0 Å². The zero-order valence-electron chi connectivity index (χ0n) is 11.2. The van der Waals surface area contributed by atoms with Crippen molar-refractivity contribution in [1.29, 1.82) is 0 Å². The van der Waals surface area contributed by atoms with E-state index in [4.69, 9.17) is 31.3 Å². The zero-order valence-corrected chi connectivity index (χ0v) is 11.2. The topological polar surface area (TPSA) is 216 Å². The van der Waals surface area contributed by atoms with Crippen molar-refractivity contribution in [3.05, 3.63) is 0 Å². The third-order valence-electron chi connectivity index (χ3n) is 2.09. The molecular weight excluding hydrogens is 290 g/mol. The third-order valence-corrected chi connectivity index (χ3v) is 2.09. The number of β-amino-alcohol motifs (C(OH)–C–C–N with tert-alkyl or cyclic N) is 1. The second-order valence-corrected chi connectivity index (χ2v) is 3.91. The first-order chi connectivity index (χ1) is 9.65. The molecule has 1 aliphatic rings. The number of nitrogens with one attached hydrogen (secondary N) is 1. The second kappa shape index (κ2) is 12.0. The van der Waals surface area contributed by atoms with Crippen LogP contribution in [0.25, 0.3) is 0 Å². The van der Waals surface area contributed by atoms with Gasteiger partial charge in [0, 0.05) is 13.0 Å². The maximum absolute atomic E-state index is 10.2. The molecule has 0 bridgehead atoms. The molecule has 0 aliphatic carbocycles. The Hall–Kier alpha value is -1.79. The molecule has 11 heteroatoms. The highest BCUT2D eigenvalue weighted by molar-refractivity contribution is 5.74. The number of nitrogens with two attached hydrogens (primary N) is 2. The Bertz CT molecular complexity index is 338. The van der Waals surface area contributed by atoms with Gasteiger partial charge in [-0.2, -0.15) is 0 Å². The van der Waals surface area contributed by atoms with Crippen molar-refractivity contribution in [3.63, 3.8) is 0 Å². The van der Waals surface area contributed by atoms with Gasteiger partial charge in [-0.25, -0.2) is 0 Å². The number of aliphatic carboxylic acids is 3. The normalized spacial score (nSPS) is 21.1. The van der Waals surface area contributed by atoms with Crippen LogP contribution in [0.15, 0.2) is 0 Å². The number of carboxylic acid groups (broad SMARTS) is 3. The predicted molar refractivity (Wildman–Crippen MR) is 69.4 cm³/mol. The lowest BCUT2D eigenvalue weighted by Crippen LogP contribution is -2.33. The average Bonchev–Trinajstić information content (AvgIpc) is 2.86. The highest BCUT2D eigenvalue weighted by Crippen LogP contribution is 2.05. The van der Waals surface area contributed by atoms with Gasteiger partial charge < -0.3 is 42.3 Å². The molecule has 0 aromatic carbocycles. The van der Waals surface area contributed by atoms with Crippen LogP contribution in [0.5, 0.6) is 0 Å². The lowest BCUT2D eigenvalue weighted by molar-refractivity contribution is -0.140. The maximum atomic E-state index is 10.2. The largest absolute Gasteiger partial charge is 0.480 e. The first kappa shape index (κ1) is 21.5. The van der Waals surface area contributed by atoms with E-state index in [0.29, 0.717) is 13.0 Å². The molecule has 3 atom stereocenters. The van der Waals surface area contributed by atoms with Gasteiger partial charge in [-0.3, -0.25) is 14.4 Å². The number of rotatable bonds is 4. The summed E-state index contributed by atoms with van der Waals surface area (Å²) in [5.74, 6) is -3.03. The number of hydrogen-bond acceptors (Lipinski definition) is 8. The van der Waals surface area contributed by atoms with Crippen LogP contribution < -0.4 is 16.8 Å². The Kier molecular flexibility index (Phi) is 12.3. The van der Waals surface area contributed by atoms with Crippen LogP contribution >= 0.6 is 0 Å². The van der Waals surface area contributed by atoms with Crippen LogP contribution in [-0.2, 0) is 14.4 Å². The lowest BCUT2D eigenvalue weighted by Gasteiger charge is -1.99. The summed E-state index contributed by atoms with van der Waals surface area (Å²) >= 11 is 0. The summed E-state index contributed by atoms with van der Waals surface area (Å²) in [5.41, 5.74) is 9.34. The Morgan fingerprint density at radius 2 is 1.71 bits per heavy atom. The number of aliphatic hydroxyl groups excluding tert-OH is 2. The molecule has 0 spiro atoms. The van der Waals surface area contributed by atoms with Crippen LogP contribution in [0, 0.1) is 0 Å². The highest BCUT2D eigenvalue weighted by Gasteiger charge is 2.27. The first-order valence-electron chi connectivity index (χ1n) is 5.81. The average molecular weight is 311 g/mol. The zero-order chi connectivity index (χ0) is 17.0.